The smallest absolute Gasteiger partial charge is 0.273 e. The molecule has 6 heteroatoms. The van der Waals surface area contributed by atoms with Crippen LogP contribution < -0.4 is 4.74 Å². The molecule has 1 atom stereocenters. The third-order valence-electron chi connectivity index (χ3n) is 4.84. The number of nitrogens with zero attached hydrogens (tertiary/aromatic N) is 2. The van der Waals surface area contributed by atoms with Gasteiger partial charge in [-0.25, -0.2) is 4.98 Å². The summed E-state index contributed by atoms with van der Waals surface area (Å²) < 4.78 is 5.71. The zero-order valence-electron chi connectivity index (χ0n) is 14.9. The van der Waals surface area contributed by atoms with Crippen LogP contribution in [0.2, 0.25) is 5.02 Å². The number of hydrogen-bond donors (Lipinski definition) is 0. The molecular weight excluding hydrogens is 380 g/mol. The van der Waals surface area contributed by atoms with Crippen molar-refractivity contribution < 1.29 is 9.53 Å². The lowest BCUT2D eigenvalue weighted by Crippen LogP contribution is -2.30. The number of halogens is 1. The molecule has 0 radical (unpaired) electrons. The SMILES string of the molecule is CN(C(=O)c1csc(COc2ccc(Cl)cc2)n1)C1CCc2ccccc21. The predicted octanol–water partition coefficient (Wildman–Crippen LogP) is 5.14. The van der Waals surface area contributed by atoms with E-state index in [9.17, 15) is 4.79 Å². The molecule has 1 aromatic heterocycles. The van der Waals surface area contributed by atoms with E-state index in [1.165, 1.54) is 22.5 Å². The minimum absolute atomic E-state index is 0.0503. The second-order valence-corrected chi connectivity index (χ2v) is 7.92. The zero-order valence-corrected chi connectivity index (χ0v) is 16.5. The van der Waals surface area contributed by atoms with Gasteiger partial charge in [-0.3, -0.25) is 4.79 Å². The quantitative estimate of drug-likeness (QED) is 0.598. The minimum Gasteiger partial charge on any atom is -0.486 e. The fourth-order valence-corrected chi connectivity index (χ4v) is 4.22. The van der Waals surface area contributed by atoms with Gasteiger partial charge in [0.2, 0.25) is 0 Å². The first-order valence-electron chi connectivity index (χ1n) is 8.79. The lowest BCUT2D eigenvalue weighted by atomic mass is 10.1. The third-order valence-corrected chi connectivity index (χ3v) is 5.91. The van der Waals surface area contributed by atoms with Crippen molar-refractivity contribution in [1.82, 2.24) is 9.88 Å². The van der Waals surface area contributed by atoms with Crippen LogP contribution in [0.15, 0.2) is 53.9 Å². The van der Waals surface area contributed by atoms with Gasteiger partial charge in [0.25, 0.3) is 5.91 Å². The maximum atomic E-state index is 12.9. The number of aryl methyl sites for hydroxylation is 1. The highest BCUT2D eigenvalue weighted by Crippen LogP contribution is 2.35. The molecule has 0 fully saturated rings. The van der Waals surface area contributed by atoms with Gasteiger partial charge in [-0.05, 0) is 48.2 Å². The Morgan fingerprint density at radius 1 is 1.26 bits per heavy atom. The number of hydrogen-bond acceptors (Lipinski definition) is 4. The summed E-state index contributed by atoms with van der Waals surface area (Å²) in [7, 11) is 1.86. The van der Waals surface area contributed by atoms with E-state index in [-0.39, 0.29) is 11.9 Å². The molecule has 1 unspecified atom stereocenters. The average molecular weight is 399 g/mol. The first kappa shape index (κ1) is 18.0. The average Bonchev–Trinajstić information content (AvgIpc) is 3.33. The normalized spacial score (nSPS) is 15.4. The molecule has 0 bridgehead atoms. The number of carbonyl (C=O) groups is 1. The molecule has 3 aromatic rings. The Bertz CT molecular complexity index is 955. The first-order valence-corrected chi connectivity index (χ1v) is 10.1. The molecule has 4 rings (SSSR count). The van der Waals surface area contributed by atoms with Crippen LogP contribution in [0.4, 0.5) is 0 Å². The molecule has 0 spiro atoms. The van der Waals surface area contributed by atoms with E-state index in [1.54, 1.807) is 17.5 Å². The first-order chi connectivity index (χ1) is 13.1. The van der Waals surface area contributed by atoms with Crippen molar-refractivity contribution in [3.05, 3.63) is 80.8 Å². The van der Waals surface area contributed by atoms with E-state index < -0.39 is 0 Å². The van der Waals surface area contributed by atoms with Crippen LogP contribution in [0.1, 0.15) is 39.1 Å². The van der Waals surface area contributed by atoms with E-state index in [0.29, 0.717) is 17.3 Å². The Balaban J connectivity index is 1.42. The van der Waals surface area contributed by atoms with Crippen LogP contribution in [-0.2, 0) is 13.0 Å². The van der Waals surface area contributed by atoms with Crippen LogP contribution >= 0.6 is 22.9 Å². The largest absolute Gasteiger partial charge is 0.486 e. The van der Waals surface area contributed by atoms with Gasteiger partial charge in [-0.1, -0.05) is 35.9 Å². The van der Waals surface area contributed by atoms with Crippen molar-refractivity contribution >= 4 is 28.8 Å². The number of ether oxygens (including phenoxy) is 1. The molecule has 1 aliphatic carbocycles. The lowest BCUT2D eigenvalue weighted by molar-refractivity contribution is 0.0725. The summed E-state index contributed by atoms with van der Waals surface area (Å²) in [5.74, 6) is 0.674. The number of aromatic nitrogens is 1. The molecule has 27 heavy (non-hydrogen) atoms. The van der Waals surface area contributed by atoms with Gasteiger partial charge in [-0.15, -0.1) is 11.3 Å². The van der Waals surface area contributed by atoms with Crippen LogP contribution in [0.25, 0.3) is 0 Å². The Kier molecular flexibility index (Phi) is 5.14. The number of rotatable bonds is 5. The van der Waals surface area contributed by atoms with Crippen LogP contribution in [0.3, 0.4) is 0 Å². The standard InChI is InChI=1S/C21H19ClN2O2S/c1-24(19-11-6-14-4-2-3-5-17(14)19)21(25)18-13-27-20(23-18)12-26-16-9-7-15(22)8-10-16/h2-5,7-10,13,19H,6,11-12H2,1H3. The summed E-state index contributed by atoms with van der Waals surface area (Å²) in [6, 6.07) is 15.6. The van der Waals surface area contributed by atoms with E-state index in [4.69, 9.17) is 16.3 Å². The van der Waals surface area contributed by atoms with Crippen molar-refractivity contribution in [2.75, 3.05) is 7.05 Å². The van der Waals surface area contributed by atoms with Crippen molar-refractivity contribution in [2.45, 2.75) is 25.5 Å². The van der Waals surface area contributed by atoms with Gasteiger partial charge in [-0.2, -0.15) is 0 Å². The summed E-state index contributed by atoms with van der Waals surface area (Å²) in [5.41, 5.74) is 3.05. The minimum atomic E-state index is -0.0503. The Hall–Kier alpha value is -2.37. The topological polar surface area (TPSA) is 42.4 Å². The fourth-order valence-electron chi connectivity index (χ4n) is 3.41. The van der Waals surface area contributed by atoms with Crippen molar-refractivity contribution in [3.8, 4) is 5.75 Å². The number of carbonyl (C=O) groups excluding carboxylic acids is 1. The molecule has 1 aliphatic rings. The molecule has 2 aromatic carbocycles. The molecule has 138 valence electrons. The van der Waals surface area contributed by atoms with Crippen LogP contribution in [0, 0.1) is 0 Å². The molecule has 1 heterocycles. The molecule has 0 N–H and O–H groups in total. The van der Waals surface area contributed by atoms with E-state index in [1.807, 2.05) is 30.1 Å². The highest BCUT2D eigenvalue weighted by atomic mass is 35.5. The van der Waals surface area contributed by atoms with E-state index >= 15 is 0 Å². The van der Waals surface area contributed by atoms with Crippen LogP contribution in [0.5, 0.6) is 5.75 Å². The Labute approximate surface area is 167 Å². The summed E-state index contributed by atoms with van der Waals surface area (Å²) in [6.45, 7) is 0.329. The molecule has 1 amide bonds. The van der Waals surface area contributed by atoms with Crippen molar-refractivity contribution in [3.63, 3.8) is 0 Å². The molecule has 0 saturated carbocycles. The second kappa shape index (κ2) is 7.71. The number of fused-ring (bicyclic) bond motifs is 1. The highest BCUT2D eigenvalue weighted by molar-refractivity contribution is 7.09. The maximum absolute atomic E-state index is 12.9. The van der Waals surface area contributed by atoms with E-state index in [0.717, 1.165) is 23.6 Å². The second-order valence-electron chi connectivity index (χ2n) is 6.54. The molecule has 0 aliphatic heterocycles. The molecule has 0 saturated heterocycles. The van der Waals surface area contributed by atoms with Gasteiger partial charge in [0.05, 0.1) is 6.04 Å². The van der Waals surface area contributed by atoms with Crippen molar-refractivity contribution in [1.29, 1.82) is 0 Å². The Morgan fingerprint density at radius 2 is 2.04 bits per heavy atom. The summed E-state index contributed by atoms with van der Waals surface area (Å²) in [6.07, 6.45) is 1.97. The Morgan fingerprint density at radius 3 is 2.85 bits per heavy atom. The van der Waals surface area contributed by atoms with Gasteiger partial charge >= 0.3 is 0 Å². The van der Waals surface area contributed by atoms with Gasteiger partial charge in [0, 0.05) is 17.5 Å². The number of benzene rings is 2. The highest BCUT2D eigenvalue weighted by Gasteiger charge is 2.29. The van der Waals surface area contributed by atoms with Gasteiger partial charge in [0.15, 0.2) is 0 Å². The van der Waals surface area contributed by atoms with Crippen molar-refractivity contribution in [2.24, 2.45) is 0 Å². The van der Waals surface area contributed by atoms with Gasteiger partial charge < -0.3 is 9.64 Å². The van der Waals surface area contributed by atoms with E-state index in [2.05, 4.69) is 23.2 Å². The number of thiazole rings is 1. The van der Waals surface area contributed by atoms with Gasteiger partial charge in [0.1, 0.15) is 23.1 Å². The summed E-state index contributed by atoms with van der Waals surface area (Å²) in [4.78, 5) is 19.2. The third kappa shape index (κ3) is 3.84. The monoisotopic (exact) mass is 398 g/mol. The predicted molar refractivity (Wildman–Crippen MR) is 107 cm³/mol. The van der Waals surface area contributed by atoms with Crippen LogP contribution in [-0.4, -0.2) is 22.8 Å². The fraction of sp³-hybridized carbons (Fsp3) is 0.238. The lowest BCUT2D eigenvalue weighted by Gasteiger charge is -2.24. The molecular formula is C21H19ClN2O2S. The zero-order chi connectivity index (χ0) is 18.8. The maximum Gasteiger partial charge on any atom is 0.273 e. The summed E-state index contributed by atoms with van der Waals surface area (Å²) in [5, 5.41) is 3.25. The number of amides is 1. The molecule has 4 nitrogen and oxygen atoms in total. The summed E-state index contributed by atoms with van der Waals surface area (Å²) >= 11 is 7.31.